The molecule has 0 saturated carbocycles. The predicted molar refractivity (Wildman–Crippen MR) is 120 cm³/mol. The van der Waals surface area contributed by atoms with Crippen molar-refractivity contribution in [3.63, 3.8) is 0 Å². The smallest absolute Gasteiger partial charge is 0.339 e. The maximum absolute atomic E-state index is 13.0. The van der Waals surface area contributed by atoms with Crippen molar-refractivity contribution in [3.8, 4) is 5.75 Å². The highest BCUT2D eigenvalue weighted by atomic mass is 16.5. The minimum Gasteiger partial charge on any atom is -0.497 e. The predicted octanol–water partition coefficient (Wildman–Crippen LogP) is 4.51. The summed E-state index contributed by atoms with van der Waals surface area (Å²) in [6.07, 6.45) is 1.66. The number of carbonyl (C=O) groups is 2. The van der Waals surface area contributed by atoms with Crippen molar-refractivity contribution in [2.45, 2.75) is 53.2 Å². The Bertz CT molecular complexity index is 951. The highest BCUT2D eigenvalue weighted by Gasteiger charge is 2.34. The van der Waals surface area contributed by atoms with Gasteiger partial charge in [-0.25, -0.2) is 9.59 Å². The molecule has 2 aromatic rings. The maximum Gasteiger partial charge on any atom is 0.339 e. The topological polar surface area (TPSA) is 65.1 Å². The van der Waals surface area contributed by atoms with Crippen molar-refractivity contribution >= 4 is 17.6 Å². The highest BCUT2D eigenvalue weighted by Crippen LogP contribution is 2.35. The van der Waals surface area contributed by atoms with Gasteiger partial charge in [-0.15, -0.1) is 0 Å². The molecule has 0 radical (unpaired) electrons. The fourth-order valence-electron chi connectivity index (χ4n) is 4.39. The van der Waals surface area contributed by atoms with Gasteiger partial charge in [-0.2, -0.15) is 0 Å². The second-order valence-corrected chi connectivity index (χ2v) is 7.89. The van der Waals surface area contributed by atoms with Gasteiger partial charge in [0.2, 0.25) is 0 Å². The number of nitrogens with zero attached hydrogens (tertiary/aromatic N) is 1. The van der Waals surface area contributed by atoms with E-state index in [1.807, 2.05) is 58.0 Å². The molecule has 2 aromatic carbocycles. The summed E-state index contributed by atoms with van der Waals surface area (Å²) in [4.78, 5) is 27.6. The van der Waals surface area contributed by atoms with E-state index in [0.29, 0.717) is 12.2 Å². The normalized spacial score (nSPS) is 15.6. The molecule has 0 aliphatic carbocycles. The van der Waals surface area contributed by atoms with Crippen molar-refractivity contribution in [2.24, 2.45) is 0 Å². The molecule has 1 fully saturated rings. The Labute approximate surface area is 184 Å². The van der Waals surface area contributed by atoms with Gasteiger partial charge in [0.15, 0.2) is 0 Å². The molecule has 0 amide bonds. The van der Waals surface area contributed by atoms with Crippen molar-refractivity contribution < 1.29 is 23.8 Å². The summed E-state index contributed by atoms with van der Waals surface area (Å²) in [6, 6.07) is 9.11. The molecule has 1 aliphatic heterocycles. The van der Waals surface area contributed by atoms with Crippen LogP contribution < -0.4 is 9.64 Å². The molecule has 1 atom stereocenters. The fraction of sp³-hybridized carbons (Fsp3) is 0.440. The third kappa shape index (κ3) is 4.84. The largest absolute Gasteiger partial charge is 0.497 e. The van der Waals surface area contributed by atoms with Gasteiger partial charge in [0, 0.05) is 12.2 Å². The lowest BCUT2D eigenvalue weighted by Crippen LogP contribution is -2.38. The molecule has 0 N–H and O–H groups in total. The molecular formula is C25H31NO5. The van der Waals surface area contributed by atoms with E-state index in [2.05, 4.69) is 4.90 Å². The Hall–Kier alpha value is -3.02. The molecule has 0 bridgehead atoms. The van der Waals surface area contributed by atoms with Gasteiger partial charge in [-0.1, -0.05) is 18.2 Å². The number of hydrogen-bond acceptors (Lipinski definition) is 6. The van der Waals surface area contributed by atoms with Gasteiger partial charge >= 0.3 is 11.9 Å². The van der Waals surface area contributed by atoms with Crippen LogP contribution >= 0.6 is 0 Å². The Kier molecular flexibility index (Phi) is 7.21. The van der Waals surface area contributed by atoms with E-state index in [4.69, 9.17) is 14.2 Å². The van der Waals surface area contributed by atoms with Crippen LogP contribution in [0.3, 0.4) is 0 Å². The van der Waals surface area contributed by atoms with Crippen LogP contribution in [0.15, 0.2) is 30.3 Å². The van der Waals surface area contributed by atoms with Gasteiger partial charge < -0.3 is 19.1 Å². The van der Waals surface area contributed by atoms with Crippen molar-refractivity contribution in [2.75, 3.05) is 25.2 Å². The molecule has 0 aromatic heterocycles. The molecule has 166 valence electrons. The van der Waals surface area contributed by atoms with Crippen LogP contribution in [0.5, 0.6) is 5.75 Å². The Morgan fingerprint density at radius 1 is 1.06 bits per heavy atom. The SMILES string of the molecule is CCOC(=O)[C@@H]1CCCN1c1c(C)cc(C)c(C(=O)OCc2ccc(OC)cc2)c1C. The fourth-order valence-corrected chi connectivity index (χ4v) is 4.39. The zero-order valence-electron chi connectivity index (χ0n) is 19.0. The first-order valence-electron chi connectivity index (χ1n) is 10.7. The summed E-state index contributed by atoms with van der Waals surface area (Å²) in [5, 5.41) is 0. The van der Waals surface area contributed by atoms with Crippen molar-refractivity contribution in [3.05, 3.63) is 58.1 Å². The lowest BCUT2D eigenvalue weighted by molar-refractivity contribution is -0.144. The standard InChI is InChI=1S/C25H31NO5/c1-6-30-24(27)21-8-7-13-26(21)23-17(3)14-16(2)22(18(23)4)25(28)31-15-19-9-11-20(29-5)12-10-19/h9-12,14,21H,6-8,13,15H2,1-5H3/t21-/m0/s1. The quantitative estimate of drug-likeness (QED) is 0.608. The summed E-state index contributed by atoms with van der Waals surface area (Å²) in [5.74, 6) is 0.189. The number of anilines is 1. The number of benzene rings is 2. The summed E-state index contributed by atoms with van der Waals surface area (Å²) in [6.45, 7) is 8.98. The van der Waals surface area contributed by atoms with Gasteiger partial charge in [0.05, 0.1) is 19.3 Å². The second kappa shape index (κ2) is 9.86. The van der Waals surface area contributed by atoms with Crippen LogP contribution in [0.25, 0.3) is 0 Å². The lowest BCUT2D eigenvalue weighted by Gasteiger charge is -2.30. The van der Waals surface area contributed by atoms with Crippen LogP contribution in [0.2, 0.25) is 0 Å². The molecule has 1 aliphatic rings. The molecule has 3 rings (SSSR count). The summed E-state index contributed by atoms with van der Waals surface area (Å²) in [7, 11) is 1.61. The van der Waals surface area contributed by atoms with Crippen LogP contribution in [0, 0.1) is 20.8 Å². The number of ether oxygens (including phenoxy) is 3. The van der Waals surface area contributed by atoms with E-state index in [0.717, 1.165) is 53.1 Å². The van der Waals surface area contributed by atoms with Crippen LogP contribution in [-0.4, -0.2) is 38.2 Å². The molecule has 0 unspecified atom stereocenters. The van der Waals surface area contributed by atoms with E-state index in [1.54, 1.807) is 7.11 Å². The molecule has 1 saturated heterocycles. The van der Waals surface area contributed by atoms with E-state index < -0.39 is 0 Å². The van der Waals surface area contributed by atoms with Crippen molar-refractivity contribution in [1.82, 2.24) is 0 Å². The average molecular weight is 426 g/mol. The first-order chi connectivity index (χ1) is 14.9. The van der Waals surface area contributed by atoms with Gasteiger partial charge in [-0.05, 0) is 74.9 Å². The maximum atomic E-state index is 13.0. The Morgan fingerprint density at radius 2 is 1.77 bits per heavy atom. The monoisotopic (exact) mass is 425 g/mol. The summed E-state index contributed by atoms with van der Waals surface area (Å²) < 4.78 is 16.1. The third-order valence-corrected chi connectivity index (χ3v) is 5.76. The first-order valence-corrected chi connectivity index (χ1v) is 10.7. The second-order valence-electron chi connectivity index (χ2n) is 7.89. The van der Waals surface area contributed by atoms with Crippen LogP contribution in [0.1, 0.15) is 52.4 Å². The molecule has 0 spiro atoms. The number of methoxy groups -OCH3 is 1. The minimum atomic E-state index is -0.362. The highest BCUT2D eigenvalue weighted by molar-refractivity contribution is 5.95. The van der Waals surface area contributed by atoms with E-state index >= 15 is 0 Å². The van der Waals surface area contributed by atoms with Gasteiger partial charge in [-0.3, -0.25) is 0 Å². The van der Waals surface area contributed by atoms with Gasteiger partial charge in [0.25, 0.3) is 0 Å². The minimum absolute atomic E-state index is 0.181. The molecule has 6 heteroatoms. The lowest BCUT2D eigenvalue weighted by atomic mass is 9.96. The molecular weight excluding hydrogens is 394 g/mol. The summed E-state index contributed by atoms with van der Waals surface area (Å²) >= 11 is 0. The third-order valence-electron chi connectivity index (χ3n) is 5.76. The van der Waals surface area contributed by atoms with Crippen LogP contribution in [-0.2, 0) is 20.9 Å². The zero-order valence-corrected chi connectivity index (χ0v) is 19.0. The van der Waals surface area contributed by atoms with Gasteiger partial charge in [0.1, 0.15) is 18.4 Å². The number of aryl methyl sites for hydroxylation is 2. The first kappa shape index (κ1) is 22.7. The zero-order chi connectivity index (χ0) is 22.5. The number of hydrogen-bond donors (Lipinski definition) is 0. The Balaban J connectivity index is 1.85. The Morgan fingerprint density at radius 3 is 2.42 bits per heavy atom. The molecule has 31 heavy (non-hydrogen) atoms. The van der Waals surface area contributed by atoms with Crippen molar-refractivity contribution in [1.29, 1.82) is 0 Å². The summed E-state index contributed by atoms with van der Waals surface area (Å²) in [5.41, 5.74) is 5.12. The number of carbonyl (C=O) groups excluding carboxylic acids is 2. The van der Waals surface area contributed by atoms with E-state index in [9.17, 15) is 9.59 Å². The van der Waals surface area contributed by atoms with Crippen LogP contribution in [0.4, 0.5) is 5.69 Å². The van der Waals surface area contributed by atoms with E-state index in [-0.39, 0.29) is 24.6 Å². The number of esters is 2. The molecule has 1 heterocycles. The molecule has 6 nitrogen and oxygen atoms in total. The van der Waals surface area contributed by atoms with E-state index in [1.165, 1.54) is 0 Å². The average Bonchev–Trinajstić information content (AvgIpc) is 3.22. The number of rotatable bonds is 7.